The average Bonchev–Trinajstić information content (AvgIpc) is 3.20. The molecule has 1 heterocycles. The first-order valence-electron chi connectivity index (χ1n) is 12.1. The molecule has 10 heteroatoms. The lowest BCUT2D eigenvalue weighted by atomic mass is 10.0. The predicted molar refractivity (Wildman–Crippen MR) is 153 cm³/mol. The van der Waals surface area contributed by atoms with Crippen molar-refractivity contribution in [1.82, 2.24) is 4.90 Å². The number of rotatable bonds is 11. The highest BCUT2D eigenvalue weighted by Gasteiger charge is 2.25. The summed E-state index contributed by atoms with van der Waals surface area (Å²) in [5.74, 6) is -0.188. The third-order valence-corrected chi connectivity index (χ3v) is 7.17. The fraction of sp³-hybridized carbons (Fsp3) is 0.250. The van der Waals surface area contributed by atoms with E-state index in [9.17, 15) is 18.3 Å². The van der Waals surface area contributed by atoms with Crippen molar-refractivity contribution in [3.63, 3.8) is 0 Å². The van der Waals surface area contributed by atoms with Crippen LogP contribution in [-0.4, -0.2) is 50.2 Å². The van der Waals surface area contributed by atoms with Crippen LogP contribution in [0.1, 0.15) is 35.0 Å². The van der Waals surface area contributed by atoms with Crippen LogP contribution in [0.4, 0.5) is 5.69 Å². The third-order valence-electron chi connectivity index (χ3n) is 6.01. The maximum atomic E-state index is 13.6. The van der Waals surface area contributed by atoms with Gasteiger partial charge in [-0.3, -0.25) is 14.4 Å². The van der Waals surface area contributed by atoms with Gasteiger partial charge in [0.15, 0.2) is 5.76 Å². The maximum absolute atomic E-state index is 13.6. The molecule has 4 aromatic rings. The summed E-state index contributed by atoms with van der Waals surface area (Å²) in [5, 5.41) is 11.0. The van der Waals surface area contributed by atoms with Gasteiger partial charge >= 0.3 is 0 Å². The van der Waals surface area contributed by atoms with E-state index >= 15 is 0 Å². The summed E-state index contributed by atoms with van der Waals surface area (Å²) in [6.45, 7) is 3.64. The minimum absolute atomic E-state index is 0.00984. The Morgan fingerprint density at radius 2 is 1.79 bits per heavy atom. The van der Waals surface area contributed by atoms with Gasteiger partial charge in [0.05, 0.1) is 17.9 Å². The zero-order valence-electron chi connectivity index (χ0n) is 21.0. The van der Waals surface area contributed by atoms with E-state index in [0.29, 0.717) is 34.9 Å². The van der Waals surface area contributed by atoms with Crippen molar-refractivity contribution in [2.45, 2.75) is 19.9 Å². The van der Waals surface area contributed by atoms with Gasteiger partial charge in [-0.1, -0.05) is 54.4 Å². The molecular formula is C28H28Cl2N2O5S. The number of nitrogens with zero attached hydrogens (tertiary/aromatic N) is 1. The molecule has 4 rings (SSSR count). The topological polar surface area (TPSA) is 99.8 Å². The SMILES string of the molecule is CCCN(CCO)Cc1c(C(=O)c2ccc(Cl)cc2Cl)oc2cc(-c3cccc(NS(C)(=O)=O)c3)ccc12. The standard InChI is InChI=1S/C28H28Cl2N2O5S/c1-3-11-32(12-13-33)17-24-22-9-7-19(18-5-4-6-21(14-18)31-38(2,35)36)15-26(22)37-28(24)27(34)23-10-8-20(29)16-25(23)30/h4-10,14-16,31,33H,3,11-13,17H2,1-2H3. The predicted octanol–water partition coefficient (Wildman–Crippen LogP) is 6.21. The van der Waals surface area contributed by atoms with E-state index in [1.807, 2.05) is 24.3 Å². The smallest absolute Gasteiger partial charge is 0.230 e. The van der Waals surface area contributed by atoms with Crippen molar-refractivity contribution < 1.29 is 22.7 Å². The summed E-state index contributed by atoms with van der Waals surface area (Å²) in [4.78, 5) is 15.7. The number of hydrogen-bond donors (Lipinski definition) is 2. The van der Waals surface area contributed by atoms with Gasteiger partial charge in [-0.15, -0.1) is 0 Å². The highest BCUT2D eigenvalue weighted by Crippen LogP contribution is 2.34. The molecule has 7 nitrogen and oxygen atoms in total. The van der Waals surface area contributed by atoms with E-state index in [0.717, 1.165) is 35.7 Å². The average molecular weight is 576 g/mol. The minimum atomic E-state index is -3.42. The van der Waals surface area contributed by atoms with Crippen LogP contribution in [-0.2, 0) is 16.6 Å². The van der Waals surface area contributed by atoms with Crippen molar-refractivity contribution in [2.75, 3.05) is 30.7 Å². The van der Waals surface area contributed by atoms with E-state index in [1.54, 1.807) is 30.3 Å². The van der Waals surface area contributed by atoms with Crippen LogP contribution in [0.3, 0.4) is 0 Å². The van der Waals surface area contributed by atoms with Crippen LogP contribution in [0, 0.1) is 0 Å². The second-order valence-corrected chi connectivity index (χ2v) is 11.6. The molecule has 2 N–H and O–H groups in total. The number of carbonyl (C=O) groups excluding carboxylic acids is 1. The first kappa shape index (κ1) is 28.1. The Balaban J connectivity index is 1.82. The van der Waals surface area contributed by atoms with Gasteiger partial charge in [0, 0.05) is 40.3 Å². The molecule has 1 aromatic heterocycles. The molecule has 0 aliphatic rings. The van der Waals surface area contributed by atoms with Crippen LogP contribution in [0.15, 0.2) is 65.1 Å². The molecule has 0 bridgehead atoms. The lowest BCUT2D eigenvalue weighted by Crippen LogP contribution is -2.27. The molecule has 0 saturated carbocycles. The minimum Gasteiger partial charge on any atom is -0.452 e. The number of aliphatic hydroxyl groups excluding tert-OH is 1. The molecule has 38 heavy (non-hydrogen) atoms. The number of ketones is 1. The quantitative estimate of drug-likeness (QED) is 0.206. The summed E-state index contributed by atoms with van der Waals surface area (Å²) in [6.07, 6.45) is 1.98. The molecule has 0 radical (unpaired) electrons. The fourth-order valence-corrected chi connectivity index (χ4v) is 5.44. The number of anilines is 1. The number of fused-ring (bicyclic) bond motifs is 1. The highest BCUT2D eigenvalue weighted by atomic mass is 35.5. The molecule has 0 spiro atoms. The van der Waals surface area contributed by atoms with E-state index in [1.165, 1.54) is 6.07 Å². The van der Waals surface area contributed by atoms with Gasteiger partial charge in [-0.2, -0.15) is 0 Å². The molecule has 0 fully saturated rings. The van der Waals surface area contributed by atoms with E-state index in [4.69, 9.17) is 27.6 Å². The van der Waals surface area contributed by atoms with Crippen molar-refractivity contribution in [2.24, 2.45) is 0 Å². The fourth-order valence-electron chi connectivity index (χ4n) is 4.39. The van der Waals surface area contributed by atoms with Crippen molar-refractivity contribution >= 4 is 55.7 Å². The number of aliphatic hydroxyl groups is 1. The van der Waals surface area contributed by atoms with Crippen LogP contribution >= 0.6 is 23.2 Å². The normalized spacial score (nSPS) is 11.8. The Morgan fingerprint density at radius 1 is 1.03 bits per heavy atom. The number of hydrogen-bond acceptors (Lipinski definition) is 6. The summed E-state index contributed by atoms with van der Waals surface area (Å²) >= 11 is 12.4. The van der Waals surface area contributed by atoms with Crippen LogP contribution in [0.2, 0.25) is 10.0 Å². The van der Waals surface area contributed by atoms with Gasteiger partial charge in [0.25, 0.3) is 0 Å². The van der Waals surface area contributed by atoms with Crippen molar-refractivity contribution in [1.29, 1.82) is 0 Å². The number of halogens is 2. The Kier molecular flexibility index (Phi) is 8.80. The zero-order chi connectivity index (χ0) is 27.4. The molecule has 0 unspecified atom stereocenters. The summed E-state index contributed by atoms with van der Waals surface area (Å²) in [6, 6.07) is 17.3. The Labute approximate surface area is 232 Å². The number of sulfonamides is 1. The second-order valence-electron chi connectivity index (χ2n) is 9.03. The van der Waals surface area contributed by atoms with Gasteiger partial charge in [-0.05, 0) is 60.5 Å². The van der Waals surface area contributed by atoms with Crippen molar-refractivity contribution in [3.8, 4) is 11.1 Å². The zero-order valence-corrected chi connectivity index (χ0v) is 23.3. The molecule has 0 amide bonds. The maximum Gasteiger partial charge on any atom is 0.230 e. The Bertz CT molecular complexity index is 1580. The number of carbonyl (C=O) groups is 1. The first-order valence-corrected chi connectivity index (χ1v) is 14.7. The van der Waals surface area contributed by atoms with E-state index < -0.39 is 10.0 Å². The number of benzene rings is 3. The molecule has 0 aliphatic heterocycles. The summed E-state index contributed by atoms with van der Waals surface area (Å²) in [5.41, 5.74) is 3.50. The molecule has 200 valence electrons. The third kappa shape index (κ3) is 6.57. The largest absolute Gasteiger partial charge is 0.452 e. The van der Waals surface area contributed by atoms with Gasteiger partial charge in [0.1, 0.15) is 5.58 Å². The van der Waals surface area contributed by atoms with Crippen LogP contribution in [0.25, 0.3) is 22.1 Å². The molecule has 3 aromatic carbocycles. The lowest BCUT2D eigenvalue weighted by Gasteiger charge is -2.20. The van der Waals surface area contributed by atoms with Crippen LogP contribution in [0.5, 0.6) is 0 Å². The Hall–Kier alpha value is -2.88. The second kappa shape index (κ2) is 11.9. The van der Waals surface area contributed by atoms with Gasteiger partial charge in [-0.25, -0.2) is 8.42 Å². The van der Waals surface area contributed by atoms with Crippen molar-refractivity contribution in [3.05, 3.63) is 87.6 Å². The van der Waals surface area contributed by atoms with Gasteiger partial charge in [0.2, 0.25) is 15.8 Å². The monoisotopic (exact) mass is 574 g/mol. The Morgan fingerprint density at radius 3 is 2.47 bits per heavy atom. The lowest BCUT2D eigenvalue weighted by molar-refractivity contribution is 0.101. The molecule has 0 saturated heterocycles. The van der Waals surface area contributed by atoms with E-state index in [-0.39, 0.29) is 28.7 Å². The van der Waals surface area contributed by atoms with Gasteiger partial charge < -0.3 is 9.52 Å². The number of nitrogens with one attached hydrogen (secondary N) is 1. The highest BCUT2D eigenvalue weighted by molar-refractivity contribution is 7.92. The summed E-state index contributed by atoms with van der Waals surface area (Å²) in [7, 11) is -3.42. The summed E-state index contributed by atoms with van der Waals surface area (Å²) < 4.78 is 32.0. The van der Waals surface area contributed by atoms with E-state index in [2.05, 4.69) is 16.5 Å². The van der Waals surface area contributed by atoms with Crippen LogP contribution < -0.4 is 4.72 Å². The first-order chi connectivity index (χ1) is 18.1. The molecule has 0 aliphatic carbocycles. The molecular weight excluding hydrogens is 547 g/mol. The number of furan rings is 1. The molecule has 0 atom stereocenters.